The lowest BCUT2D eigenvalue weighted by Gasteiger charge is -2.19. The van der Waals surface area contributed by atoms with Crippen LogP contribution in [-0.4, -0.2) is 38.3 Å². The van der Waals surface area contributed by atoms with Crippen LogP contribution in [0.5, 0.6) is 11.5 Å². The van der Waals surface area contributed by atoms with E-state index in [-0.39, 0.29) is 11.5 Å². The van der Waals surface area contributed by atoms with Gasteiger partial charge in [-0.15, -0.1) is 0 Å². The number of ether oxygens (including phenoxy) is 2. The lowest BCUT2D eigenvalue weighted by Crippen LogP contribution is -2.31. The first-order chi connectivity index (χ1) is 14.5. The van der Waals surface area contributed by atoms with Crippen molar-refractivity contribution in [3.05, 3.63) is 64.7 Å². The van der Waals surface area contributed by atoms with Gasteiger partial charge in [-0.05, 0) is 36.2 Å². The number of likely N-dealkylation sites (N-methyl/N-ethyl adjacent to an activating group) is 1. The summed E-state index contributed by atoms with van der Waals surface area (Å²) in [6.07, 6.45) is 0.448. The summed E-state index contributed by atoms with van der Waals surface area (Å²) in [6, 6.07) is 16.4. The van der Waals surface area contributed by atoms with Crippen LogP contribution in [0.4, 0.5) is 5.69 Å². The van der Waals surface area contributed by atoms with Gasteiger partial charge < -0.3 is 14.8 Å². The Morgan fingerprint density at radius 1 is 1.17 bits per heavy atom. The van der Waals surface area contributed by atoms with Crippen molar-refractivity contribution in [2.24, 2.45) is 0 Å². The normalized spacial score (nSPS) is 17.3. The second-order valence-corrected chi connectivity index (χ2v) is 7.60. The molecule has 1 N–H and O–H groups in total. The zero-order chi connectivity index (χ0) is 21.7. The first kappa shape index (κ1) is 21.3. The molecule has 1 fully saturated rings. The van der Waals surface area contributed by atoms with Crippen LogP contribution in [0.1, 0.15) is 5.56 Å². The zero-order valence-corrected chi connectivity index (χ0v) is 17.7. The van der Waals surface area contributed by atoms with E-state index in [4.69, 9.17) is 9.47 Å². The Morgan fingerprint density at radius 2 is 1.87 bits per heavy atom. The lowest BCUT2D eigenvalue weighted by atomic mass is 10.1. The van der Waals surface area contributed by atoms with Gasteiger partial charge in [0.1, 0.15) is 28.2 Å². The third-order valence-electron chi connectivity index (χ3n) is 4.62. The van der Waals surface area contributed by atoms with Gasteiger partial charge in [0.25, 0.3) is 5.91 Å². The van der Waals surface area contributed by atoms with Crippen molar-refractivity contribution in [1.29, 1.82) is 5.26 Å². The Labute approximate surface area is 179 Å². The van der Waals surface area contributed by atoms with Crippen LogP contribution in [-0.2, 0) is 16.0 Å². The van der Waals surface area contributed by atoms with E-state index in [1.54, 1.807) is 31.4 Å². The molecule has 30 heavy (non-hydrogen) atoms. The molecule has 154 valence electrons. The van der Waals surface area contributed by atoms with E-state index in [2.05, 4.69) is 5.32 Å². The monoisotopic (exact) mass is 423 g/mol. The number of thioether (sulfide) groups is 1. The zero-order valence-electron chi connectivity index (χ0n) is 16.8. The van der Waals surface area contributed by atoms with Gasteiger partial charge in [0, 0.05) is 13.1 Å². The molecule has 2 amide bonds. The lowest BCUT2D eigenvalue weighted by molar-refractivity contribution is -0.117. The molecule has 1 atom stereocenters. The number of nitrogens with one attached hydrogen (secondary N) is 1. The maximum atomic E-state index is 13.3. The molecule has 3 rings (SSSR count). The Kier molecular flexibility index (Phi) is 6.65. The summed E-state index contributed by atoms with van der Waals surface area (Å²) >= 11 is 1.22. The molecule has 0 bridgehead atoms. The number of carbonyl (C=O) groups is 2. The number of methoxy groups -OCH3 is 2. The molecule has 2 aromatic carbocycles. The standard InChI is InChI=1S/C22H21N3O4S/c1-24-20(26)18(13-23)22-25(15-5-4-6-17(12-15)29-3)21(27)19(30-22)11-14-7-9-16(28-2)10-8-14/h4-10,12,19H,11H2,1-3H3,(H,24,26). The summed E-state index contributed by atoms with van der Waals surface area (Å²) in [6.45, 7) is 0. The number of anilines is 1. The molecule has 0 radical (unpaired) electrons. The number of benzene rings is 2. The van der Waals surface area contributed by atoms with E-state index in [0.29, 0.717) is 22.9 Å². The Morgan fingerprint density at radius 3 is 2.47 bits per heavy atom. The van der Waals surface area contributed by atoms with E-state index < -0.39 is 11.2 Å². The van der Waals surface area contributed by atoms with E-state index in [9.17, 15) is 14.9 Å². The molecular formula is C22H21N3O4S. The molecule has 2 aromatic rings. The molecule has 0 spiro atoms. The molecule has 1 saturated heterocycles. The largest absolute Gasteiger partial charge is 0.497 e. The number of hydrogen-bond acceptors (Lipinski definition) is 6. The predicted octanol–water partition coefficient (Wildman–Crippen LogP) is 2.88. The quantitative estimate of drug-likeness (QED) is 0.567. The van der Waals surface area contributed by atoms with Crippen molar-refractivity contribution >= 4 is 29.3 Å². The van der Waals surface area contributed by atoms with Crippen LogP contribution < -0.4 is 19.7 Å². The first-order valence-corrected chi connectivity index (χ1v) is 10.0. The van der Waals surface area contributed by atoms with Crippen LogP contribution in [0.25, 0.3) is 0 Å². The van der Waals surface area contributed by atoms with Gasteiger partial charge in [0.15, 0.2) is 0 Å². The Hall–Kier alpha value is -3.44. The van der Waals surface area contributed by atoms with Gasteiger partial charge in [-0.1, -0.05) is 30.0 Å². The average molecular weight is 423 g/mol. The Balaban J connectivity index is 2.02. The van der Waals surface area contributed by atoms with E-state index >= 15 is 0 Å². The highest BCUT2D eigenvalue weighted by Crippen LogP contribution is 2.42. The highest BCUT2D eigenvalue weighted by atomic mass is 32.2. The van der Waals surface area contributed by atoms with Crippen LogP contribution in [0.2, 0.25) is 0 Å². The fourth-order valence-corrected chi connectivity index (χ4v) is 4.38. The SMILES string of the molecule is CNC(=O)C(C#N)=C1SC(Cc2ccc(OC)cc2)C(=O)N1c1cccc(OC)c1. The molecule has 0 aliphatic carbocycles. The van der Waals surface area contributed by atoms with Crippen molar-refractivity contribution in [3.8, 4) is 17.6 Å². The van der Waals surface area contributed by atoms with Crippen LogP contribution in [0.15, 0.2) is 59.1 Å². The van der Waals surface area contributed by atoms with Gasteiger partial charge in [0.2, 0.25) is 5.91 Å². The molecule has 1 aliphatic heterocycles. The van der Waals surface area contributed by atoms with Gasteiger partial charge in [0.05, 0.1) is 25.2 Å². The summed E-state index contributed by atoms with van der Waals surface area (Å²) in [5.74, 6) is 0.567. The highest BCUT2D eigenvalue weighted by Gasteiger charge is 2.40. The van der Waals surface area contributed by atoms with Crippen LogP contribution >= 0.6 is 11.8 Å². The molecule has 1 heterocycles. The summed E-state index contributed by atoms with van der Waals surface area (Å²) in [5, 5.41) is 11.9. The van der Waals surface area contributed by atoms with Crippen molar-refractivity contribution in [2.75, 3.05) is 26.2 Å². The van der Waals surface area contributed by atoms with Gasteiger partial charge in [-0.3, -0.25) is 14.5 Å². The maximum absolute atomic E-state index is 13.3. The summed E-state index contributed by atoms with van der Waals surface area (Å²) in [5.41, 5.74) is 1.39. The highest BCUT2D eigenvalue weighted by molar-refractivity contribution is 8.05. The fraction of sp³-hybridized carbons (Fsp3) is 0.227. The van der Waals surface area contributed by atoms with Gasteiger partial charge in [-0.25, -0.2) is 0 Å². The first-order valence-electron chi connectivity index (χ1n) is 9.16. The fourth-order valence-electron chi connectivity index (χ4n) is 3.07. The molecule has 8 heteroatoms. The van der Waals surface area contributed by atoms with Crippen LogP contribution in [0.3, 0.4) is 0 Å². The van der Waals surface area contributed by atoms with Crippen molar-refractivity contribution < 1.29 is 19.1 Å². The van der Waals surface area contributed by atoms with Crippen molar-refractivity contribution in [2.45, 2.75) is 11.7 Å². The van der Waals surface area contributed by atoms with E-state index in [0.717, 1.165) is 11.3 Å². The summed E-state index contributed by atoms with van der Waals surface area (Å²) < 4.78 is 10.4. The summed E-state index contributed by atoms with van der Waals surface area (Å²) in [4.78, 5) is 27.1. The molecule has 0 saturated carbocycles. The molecule has 1 unspecified atom stereocenters. The minimum Gasteiger partial charge on any atom is -0.497 e. The van der Waals surface area contributed by atoms with E-state index in [1.807, 2.05) is 30.3 Å². The predicted molar refractivity (Wildman–Crippen MR) is 115 cm³/mol. The second-order valence-electron chi connectivity index (χ2n) is 6.40. The molecule has 0 aromatic heterocycles. The van der Waals surface area contributed by atoms with Crippen molar-refractivity contribution in [3.63, 3.8) is 0 Å². The van der Waals surface area contributed by atoms with Crippen LogP contribution in [0, 0.1) is 11.3 Å². The smallest absolute Gasteiger partial charge is 0.264 e. The second kappa shape index (κ2) is 9.37. The number of nitrogens with zero attached hydrogens (tertiary/aromatic N) is 2. The number of amides is 2. The number of nitriles is 1. The molecule has 1 aliphatic rings. The van der Waals surface area contributed by atoms with E-state index in [1.165, 1.54) is 30.8 Å². The third kappa shape index (κ3) is 4.26. The third-order valence-corrected chi connectivity index (χ3v) is 5.89. The number of hydrogen-bond donors (Lipinski definition) is 1. The van der Waals surface area contributed by atoms with Crippen molar-refractivity contribution in [1.82, 2.24) is 5.32 Å². The molecular weight excluding hydrogens is 402 g/mol. The number of carbonyl (C=O) groups excluding carboxylic acids is 2. The molecule has 7 nitrogen and oxygen atoms in total. The van der Waals surface area contributed by atoms with Gasteiger partial charge >= 0.3 is 0 Å². The van der Waals surface area contributed by atoms with Gasteiger partial charge in [-0.2, -0.15) is 5.26 Å². The average Bonchev–Trinajstić information content (AvgIpc) is 3.10. The topological polar surface area (TPSA) is 91.7 Å². The minimum absolute atomic E-state index is 0.101. The minimum atomic E-state index is -0.536. The Bertz CT molecular complexity index is 1030. The number of rotatable bonds is 6. The maximum Gasteiger partial charge on any atom is 0.264 e. The summed E-state index contributed by atoms with van der Waals surface area (Å²) in [7, 11) is 4.58.